The molecular weight excluding hydrogens is 390 g/mol. The Morgan fingerprint density at radius 3 is 2.55 bits per heavy atom. The van der Waals surface area contributed by atoms with E-state index in [1.165, 1.54) is 11.3 Å². The van der Waals surface area contributed by atoms with Crippen LogP contribution in [0.2, 0.25) is 0 Å². The van der Waals surface area contributed by atoms with Crippen LogP contribution in [-0.2, 0) is 22.7 Å². The zero-order chi connectivity index (χ0) is 20.5. The first-order valence-corrected chi connectivity index (χ1v) is 9.89. The van der Waals surface area contributed by atoms with E-state index in [1.54, 1.807) is 36.1 Å². The van der Waals surface area contributed by atoms with Gasteiger partial charge in [0.2, 0.25) is 0 Å². The monoisotopic (exact) mass is 411 g/mol. The van der Waals surface area contributed by atoms with Crippen molar-refractivity contribution in [3.05, 3.63) is 82.0 Å². The fourth-order valence-corrected chi connectivity index (χ4v) is 3.15. The van der Waals surface area contributed by atoms with E-state index < -0.39 is 5.97 Å². The minimum Gasteiger partial charge on any atom is -0.493 e. The Bertz CT molecular complexity index is 941. The average molecular weight is 411 g/mol. The van der Waals surface area contributed by atoms with Crippen LogP contribution in [0.1, 0.15) is 21.5 Å². The van der Waals surface area contributed by atoms with Gasteiger partial charge in [-0.3, -0.25) is 4.79 Å². The van der Waals surface area contributed by atoms with Gasteiger partial charge in [-0.25, -0.2) is 4.79 Å². The summed E-state index contributed by atoms with van der Waals surface area (Å²) >= 11 is 1.39. The lowest BCUT2D eigenvalue weighted by Crippen LogP contribution is -2.28. The van der Waals surface area contributed by atoms with Gasteiger partial charge in [-0.2, -0.15) is 11.3 Å². The molecule has 1 heterocycles. The number of rotatable bonds is 9. The summed E-state index contributed by atoms with van der Waals surface area (Å²) in [6.07, 6.45) is 0. The molecule has 0 aliphatic heterocycles. The molecule has 1 aromatic heterocycles. The number of carbonyl (C=O) groups is 2. The van der Waals surface area contributed by atoms with E-state index in [0.29, 0.717) is 23.7 Å². The number of amides is 1. The predicted octanol–water partition coefficient (Wildman–Crippen LogP) is 3.81. The van der Waals surface area contributed by atoms with Crippen LogP contribution >= 0.6 is 11.3 Å². The van der Waals surface area contributed by atoms with Crippen molar-refractivity contribution in [3.8, 4) is 11.5 Å². The maximum Gasteiger partial charge on any atom is 0.339 e. The van der Waals surface area contributed by atoms with E-state index in [0.717, 1.165) is 11.1 Å². The summed E-state index contributed by atoms with van der Waals surface area (Å²) in [7, 11) is 1.57. The lowest BCUT2D eigenvalue weighted by atomic mass is 10.2. The van der Waals surface area contributed by atoms with E-state index >= 15 is 0 Å². The van der Waals surface area contributed by atoms with Crippen LogP contribution in [0.4, 0.5) is 0 Å². The summed E-state index contributed by atoms with van der Waals surface area (Å²) in [5.41, 5.74) is 2.34. The molecule has 0 saturated carbocycles. The number of carbonyl (C=O) groups excluding carboxylic acids is 2. The van der Waals surface area contributed by atoms with E-state index in [-0.39, 0.29) is 19.1 Å². The van der Waals surface area contributed by atoms with Crippen molar-refractivity contribution < 1.29 is 23.8 Å². The lowest BCUT2D eigenvalue weighted by Gasteiger charge is -2.13. The van der Waals surface area contributed by atoms with Gasteiger partial charge in [0.05, 0.1) is 12.7 Å². The van der Waals surface area contributed by atoms with Crippen LogP contribution in [0.3, 0.4) is 0 Å². The molecular formula is C22H21NO5S. The summed E-state index contributed by atoms with van der Waals surface area (Å²) in [6.45, 7) is 0.386. The van der Waals surface area contributed by atoms with E-state index in [4.69, 9.17) is 14.2 Å². The van der Waals surface area contributed by atoms with E-state index in [2.05, 4.69) is 5.32 Å². The first-order valence-electron chi connectivity index (χ1n) is 8.95. The Hall–Kier alpha value is -3.32. The van der Waals surface area contributed by atoms with Crippen LogP contribution in [0, 0.1) is 0 Å². The fraction of sp³-hybridized carbons (Fsp3) is 0.182. The molecule has 0 fully saturated rings. The van der Waals surface area contributed by atoms with Crippen molar-refractivity contribution in [1.82, 2.24) is 5.32 Å². The Morgan fingerprint density at radius 2 is 1.83 bits per heavy atom. The molecule has 0 radical (unpaired) electrons. The Labute approximate surface area is 173 Å². The van der Waals surface area contributed by atoms with Gasteiger partial charge >= 0.3 is 5.97 Å². The fourth-order valence-electron chi connectivity index (χ4n) is 2.52. The van der Waals surface area contributed by atoms with Gasteiger partial charge in [0.15, 0.2) is 18.1 Å². The van der Waals surface area contributed by atoms with Crippen LogP contribution in [0.15, 0.2) is 65.4 Å². The van der Waals surface area contributed by atoms with Crippen molar-refractivity contribution in [1.29, 1.82) is 0 Å². The van der Waals surface area contributed by atoms with Crippen molar-refractivity contribution in [2.75, 3.05) is 13.7 Å². The van der Waals surface area contributed by atoms with Gasteiger partial charge in [-0.15, -0.1) is 0 Å². The lowest BCUT2D eigenvalue weighted by molar-refractivity contribution is -0.124. The molecule has 3 rings (SSSR count). The minimum atomic E-state index is -0.511. The third-order valence-corrected chi connectivity index (χ3v) is 4.73. The molecule has 3 aromatic rings. The molecule has 2 aromatic carbocycles. The second-order valence-electron chi connectivity index (χ2n) is 6.12. The number of nitrogens with one attached hydrogen (secondary N) is 1. The number of methoxy groups -OCH3 is 1. The molecule has 0 aliphatic carbocycles. The first-order chi connectivity index (χ1) is 14.2. The van der Waals surface area contributed by atoms with Gasteiger partial charge in [0, 0.05) is 11.9 Å². The molecule has 0 bridgehead atoms. The third kappa shape index (κ3) is 6.08. The number of hydrogen-bond donors (Lipinski definition) is 1. The summed E-state index contributed by atoms with van der Waals surface area (Å²) in [4.78, 5) is 23.7. The number of esters is 1. The molecule has 7 heteroatoms. The van der Waals surface area contributed by atoms with Crippen LogP contribution in [-0.4, -0.2) is 25.6 Å². The highest BCUT2D eigenvalue weighted by atomic mass is 32.1. The Morgan fingerprint density at radius 1 is 1.00 bits per heavy atom. The van der Waals surface area contributed by atoms with Gasteiger partial charge in [0.1, 0.15) is 6.61 Å². The smallest absolute Gasteiger partial charge is 0.339 e. The molecule has 1 N–H and O–H groups in total. The normalized spacial score (nSPS) is 10.2. The SMILES string of the molecule is COc1cc(CNC(=O)COC(=O)c2ccsc2)ccc1OCc1ccccc1. The number of thiophene rings is 1. The summed E-state index contributed by atoms with van der Waals surface area (Å²) in [6, 6.07) is 17.0. The summed E-state index contributed by atoms with van der Waals surface area (Å²) in [5.74, 6) is 0.313. The second-order valence-corrected chi connectivity index (χ2v) is 6.90. The van der Waals surface area contributed by atoms with Gasteiger partial charge in [-0.1, -0.05) is 36.4 Å². The molecule has 0 unspecified atom stereocenters. The quantitative estimate of drug-likeness (QED) is 0.542. The Balaban J connectivity index is 1.49. The molecule has 0 aliphatic rings. The molecule has 150 valence electrons. The minimum absolute atomic E-state index is 0.282. The molecule has 29 heavy (non-hydrogen) atoms. The van der Waals surface area contributed by atoms with Crippen molar-refractivity contribution in [3.63, 3.8) is 0 Å². The van der Waals surface area contributed by atoms with Crippen molar-refractivity contribution >= 4 is 23.2 Å². The van der Waals surface area contributed by atoms with Crippen molar-refractivity contribution in [2.24, 2.45) is 0 Å². The highest BCUT2D eigenvalue weighted by Crippen LogP contribution is 2.28. The number of ether oxygens (including phenoxy) is 3. The summed E-state index contributed by atoms with van der Waals surface area (Å²) < 4.78 is 16.2. The predicted molar refractivity (Wildman–Crippen MR) is 110 cm³/mol. The van der Waals surface area contributed by atoms with Gasteiger partial charge in [-0.05, 0) is 34.7 Å². The highest BCUT2D eigenvalue weighted by molar-refractivity contribution is 7.08. The molecule has 6 nitrogen and oxygen atoms in total. The largest absolute Gasteiger partial charge is 0.493 e. The summed E-state index contributed by atoms with van der Waals surface area (Å²) in [5, 5.41) is 6.17. The van der Waals surface area contributed by atoms with E-state index in [1.807, 2.05) is 36.4 Å². The second kappa shape index (κ2) is 10.3. The standard InChI is InChI=1S/C22H21NO5S/c1-26-20-11-17(7-8-19(20)27-13-16-5-3-2-4-6-16)12-23-21(24)14-28-22(25)18-9-10-29-15-18/h2-11,15H,12-14H2,1H3,(H,23,24). The maximum atomic E-state index is 11.9. The maximum absolute atomic E-state index is 11.9. The zero-order valence-corrected chi connectivity index (χ0v) is 16.7. The highest BCUT2D eigenvalue weighted by Gasteiger charge is 2.11. The van der Waals surface area contributed by atoms with Crippen LogP contribution < -0.4 is 14.8 Å². The molecule has 1 amide bonds. The third-order valence-electron chi connectivity index (χ3n) is 4.05. The molecule has 0 saturated heterocycles. The first kappa shape index (κ1) is 20.4. The van der Waals surface area contributed by atoms with Crippen LogP contribution in [0.25, 0.3) is 0 Å². The number of benzene rings is 2. The average Bonchev–Trinajstić information content (AvgIpc) is 3.30. The van der Waals surface area contributed by atoms with Crippen molar-refractivity contribution in [2.45, 2.75) is 13.2 Å². The molecule has 0 spiro atoms. The van der Waals surface area contributed by atoms with Crippen LogP contribution in [0.5, 0.6) is 11.5 Å². The number of hydrogen-bond acceptors (Lipinski definition) is 6. The topological polar surface area (TPSA) is 73.9 Å². The van der Waals surface area contributed by atoms with E-state index in [9.17, 15) is 9.59 Å². The van der Waals surface area contributed by atoms with Gasteiger partial charge in [0.25, 0.3) is 5.91 Å². The Kier molecular flexibility index (Phi) is 7.24. The molecule has 0 atom stereocenters. The van der Waals surface area contributed by atoms with Gasteiger partial charge < -0.3 is 19.5 Å². The zero-order valence-electron chi connectivity index (χ0n) is 15.9.